The van der Waals surface area contributed by atoms with Crippen LogP contribution in [0.5, 0.6) is 0 Å². The van der Waals surface area contributed by atoms with Crippen molar-refractivity contribution in [3.05, 3.63) is 274 Å². The second-order valence-corrected chi connectivity index (χ2v) is 33.8. The average molecular weight is 1650 g/mol. The Labute approximate surface area is 708 Å². The van der Waals surface area contributed by atoms with E-state index in [0.29, 0.717) is 33.6 Å². The maximum Gasteiger partial charge on any atom is 0.344 e. The van der Waals surface area contributed by atoms with Crippen LogP contribution in [0.2, 0.25) is 0 Å². The van der Waals surface area contributed by atoms with Crippen molar-refractivity contribution in [3.63, 3.8) is 0 Å². The van der Waals surface area contributed by atoms with Crippen molar-refractivity contribution in [1.29, 1.82) is 5.26 Å². The summed E-state index contributed by atoms with van der Waals surface area (Å²) in [7, 11) is 3.98. The van der Waals surface area contributed by atoms with E-state index in [9.17, 15) is 64.2 Å². The number of amides is 2. The van der Waals surface area contributed by atoms with Crippen molar-refractivity contribution >= 4 is 69.8 Å². The molecule has 6 aliphatic carbocycles. The summed E-state index contributed by atoms with van der Waals surface area (Å²) in [5.41, 5.74) is 26.2. The van der Waals surface area contributed by atoms with Gasteiger partial charge < -0.3 is 40.8 Å². The fourth-order valence-electron chi connectivity index (χ4n) is 16.3. The summed E-state index contributed by atoms with van der Waals surface area (Å²) in [6.45, 7) is 12.8. The highest BCUT2D eigenvalue weighted by atomic mass is 16.6. The van der Waals surface area contributed by atoms with E-state index >= 15 is 0 Å². The Morgan fingerprint density at radius 3 is 1.02 bits per heavy atom. The number of esters is 3. The molecule has 0 saturated heterocycles. The molecule has 0 aromatic heterocycles. The molecular formula is C97H115N7O17. The van der Waals surface area contributed by atoms with Gasteiger partial charge in [-0.25, -0.2) is 19.2 Å². The van der Waals surface area contributed by atoms with Crippen LogP contribution in [0.3, 0.4) is 0 Å². The van der Waals surface area contributed by atoms with Gasteiger partial charge in [0.05, 0.1) is 59.5 Å². The minimum atomic E-state index is -1.23. The van der Waals surface area contributed by atoms with Crippen molar-refractivity contribution in [2.45, 2.75) is 252 Å². The average Bonchev–Trinajstić information content (AvgIpc) is 1.79. The number of ether oxygens (including phenoxy) is 3. The number of aromatic carboxylic acids is 1. The quantitative estimate of drug-likeness (QED) is 0.0189. The van der Waals surface area contributed by atoms with Crippen LogP contribution in [-0.2, 0) is 109 Å². The van der Waals surface area contributed by atoms with Crippen molar-refractivity contribution in [2.24, 2.45) is 0 Å². The largest absolute Gasteiger partial charge is 0.477 e. The Hall–Kier alpha value is -12.0. The number of hydrogen-bond acceptors (Lipinski definition) is 18. The number of benzene rings is 8. The third-order valence-electron chi connectivity index (χ3n) is 23.3. The van der Waals surface area contributed by atoms with Gasteiger partial charge >= 0.3 is 23.9 Å². The Bertz CT molecular complexity index is 5100. The molecular weight excluding hydrogens is 1540 g/mol. The van der Waals surface area contributed by atoms with Crippen LogP contribution in [0, 0.1) is 41.7 Å². The molecule has 0 heterocycles. The Balaban J connectivity index is 0.000000168. The van der Waals surface area contributed by atoms with E-state index in [1.165, 1.54) is 129 Å². The highest BCUT2D eigenvalue weighted by molar-refractivity contribution is 6.08. The van der Waals surface area contributed by atoms with E-state index in [1.807, 2.05) is 78.9 Å². The van der Waals surface area contributed by atoms with Crippen LogP contribution in [0.15, 0.2) is 121 Å². The topological polar surface area (TPSA) is 374 Å². The lowest BCUT2D eigenvalue weighted by Gasteiger charge is -2.19. The number of carbonyl (C=O) groups is 6. The fourth-order valence-corrected chi connectivity index (χ4v) is 16.3. The van der Waals surface area contributed by atoms with E-state index in [2.05, 4.69) is 69.0 Å². The van der Waals surface area contributed by atoms with E-state index in [-0.39, 0.29) is 69.0 Å². The first-order valence-electron chi connectivity index (χ1n) is 42.3. The number of nitrogens with two attached hydrogens (primary N) is 1. The van der Waals surface area contributed by atoms with Gasteiger partial charge in [0, 0.05) is 46.3 Å². The summed E-state index contributed by atoms with van der Waals surface area (Å²) in [6.07, 6.45) is 31.7. The summed E-state index contributed by atoms with van der Waals surface area (Å²) in [4.78, 5) is 103. The summed E-state index contributed by atoms with van der Waals surface area (Å²) < 4.78 is 14.3. The molecule has 0 unspecified atom stereocenters. The molecule has 0 aliphatic heterocycles. The standard InChI is InChI=1S/C24H29NO3.C23H29NO2.C13H15NO4.C13H17NO2.C12H12N2O2.C12H13NO4/c1-24(2,3)19-12-10-16(11-13-19)22(26)25-21-15-18-9-7-5-6-8-17(18)14-20(21)23(27)28-4;1-23(2,3)20-11-9-16(10-12-20)22(26)24-21-14-18-8-6-4-5-7-17(18)13-19(21)15-25;1-18-13(15)11-7-9-5-3-2-4-6-10(9)8-12(11)14(16)17;1-16-13(15)11-7-9-5-3-2-4-6-10(9)8-12(11)14;13-8-11-6-9-4-2-1-3-5-10(9)7-12(11)14(15)16;14-12(15)10-6-8-4-2-1-3-5-9(8)7-11(10)13(16)17/h10-15H,5-9H2,1-4H3,(H,25,26);9-14,25H,4-8,15H2,1-3H3,(H,24,26);7-8H,2-6H2,1H3;7-8H,2-6,14H2,1H3;6-7H,1-5H2;6-7H,1-5H2,(H,14,15). The molecule has 0 bridgehead atoms. The number of aliphatic hydroxyl groups is 1. The van der Waals surface area contributed by atoms with Crippen LogP contribution < -0.4 is 16.4 Å². The van der Waals surface area contributed by atoms with Gasteiger partial charge in [0.2, 0.25) is 0 Å². The van der Waals surface area contributed by atoms with Crippen molar-refractivity contribution < 1.29 is 68.0 Å². The van der Waals surface area contributed by atoms with Crippen molar-refractivity contribution in [2.75, 3.05) is 37.7 Å². The molecule has 6 aliphatic rings. The molecule has 121 heavy (non-hydrogen) atoms. The number of nitro groups is 3. The number of nitriles is 1. The number of anilines is 3. The third-order valence-corrected chi connectivity index (χ3v) is 23.3. The number of nitrogen functional groups attached to an aromatic ring is 1. The molecule has 2 amide bonds. The molecule has 0 spiro atoms. The lowest BCUT2D eigenvalue weighted by Crippen LogP contribution is -2.17. The number of nitrogens with one attached hydrogen (secondary N) is 2. The van der Waals surface area contributed by atoms with Gasteiger partial charge in [0.15, 0.2) is 0 Å². The maximum absolute atomic E-state index is 12.8. The number of carbonyl (C=O) groups excluding carboxylic acids is 5. The monoisotopic (exact) mass is 1650 g/mol. The molecule has 24 heteroatoms. The normalized spacial score (nSPS) is 14.5. The number of fused-ring (bicyclic) bond motifs is 6. The number of nitro benzene ring substituents is 3. The predicted molar refractivity (Wildman–Crippen MR) is 468 cm³/mol. The molecule has 0 saturated carbocycles. The van der Waals surface area contributed by atoms with Crippen LogP contribution in [0.4, 0.5) is 34.1 Å². The molecule has 14 rings (SSSR count). The second-order valence-electron chi connectivity index (χ2n) is 33.8. The highest BCUT2D eigenvalue weighted by Crippen LogP contribution is 2.36. The van der Waals surface area contributed by atoms with E-state index < -0.39 is 32.7 Å². The summed E-state index contributed by atoms with van der Waals surface area (Å²) in [5, 5.41) is 66.2. The number of aryl methyl sites for hydroxylation is 12. The van der Waals surface area contributed by atoms with Gasteiger partial charge in [0.1, 0.15) is 22.8 Å². The number of aliphatic hydroxyl groups excluding tert-OH is 1. The first kappa shape index (κ1) is 92.9. The van der Waals surface area contributed by atoms with Crippen LogP contribution >= 0.6 is 0 Å². The third kappa shape index (κ3) is 25.5. The minimum Gasteiger partial charge on any atom is -0.477 e. The van der Waals surface area contributed by atoms with E-state index in [1.54, 1.807) is 18.2 Å². The molecule has 8 aromatic carbocycles. The number of hydrogen-bond donors (Lipinski definition) is 5. The molecule has 24 nitrogen and oxygen atoms in total. The molecule has 0 atom stereocenters. The Morgan fingerprint density at radius 2 is 0.669 bits per heavy atom. The summed E-state index contributed by atoms with van der Waals surface area (Å²) >= 11 is 0. The van der Waals surface area contributed by atoms with E-state index in [0.717, 1.165) is 192 Å². The molecule has 0 fully saturated rings. The van der Waals surface area contributed by atoms with Gasteiger partial charge in [-0.15, -0.1) is 0 Å². The number of methoxy groups -OCH3 is 3. The number of nitrogens with zero attached hydrogens (tertiary/aromatic N) is 4. The van der Waals surface area contributed by atoms with Crippen LogP contribution in [0.25, 0.3) is 0 Å². The number of carboxylic acid groups (broad SMARTS) is 1. The molecule has 0 radical (unpaired) electrons. The zero-order valence-electron chi connectivity index (χ0n) is 71.4. The SMILES string of the molecule is CC(C)(C)c1ccc(C(=O)Nc2cc3c(cc2CO)CCCCC3)cc1.COC(=O)c1cc2c(cc1N)CCCCC2.COC(=O)c1cc2c(cc1NC(=O)c1ccc(C(C)(C)C)cc1)CCCCC2.COC(=O)c1cc2c(cc1[N+](=O)[O-])CCCCC2.N#Cc1cc2c(cc1[N+](=O)[O-])CCCCC2.O=C(O)c1cc2c(cc1[N+](=O)[O-])CCCCC2. The lowest BCUT2D eigenvalue weighted by atomic mass is 9.86. The first-order chi connectivity index (χ1) is 57.8. The second kappa shape index (κ2) is 43.8. The minimum absolute atomic E-state index is 0.0318. The zero-order valence-corrected chi connectivity index (χ0v) is 71.4. The molecule has 640 valence electrons. The van der Waals surface area contributed by atoms with E-state index in [4.69, 9.17) is 25.6 Å². The number of rotatable bonds is 12. The molecule has 8 aromatic rings. The van der Waals surface area contributed by atoms with Gasteiger partial charge in [-0.1, -0.05) is 110 Å². The van der Waals surface area contributed by atoms with Gasteiger partial charge in [-0.2, -0.15) is 5.26 Å². The van der Waals surface area contributed by atoms with Gasteiger partial charge in [-0.3, -0.25) is 39.9 Å². The maximum atomic E-state index is 12.8. The number of carboxylic acids is 1. The van der Waals surface area contributed by atoms with Crippen LogP contribution in [-0.4, -0.2) is 82.0 Å². The van der Waals surface area contributed by atoms with Gasteiger partial charge in [0.25, 0.3) is 28.9 Å². The fraction of sp³-hybridized carbons (Fsp3) is 0.433. The Morgan fingerprint density at radius 1 is 0.388 bits per heavy atom. The van der Waals surface area contributed by atoms with Crippen LogP contribution in [0.1, 0.15) is 308 Å². The van der Waals surface area contributed by atoms with Crippen molar-refractivity contribution in [1.82, 2.24) is 0 Å². The van der Waals surface area contributed by atoms with Crippen molar-refractivity contribution in [3.8, 4) is 6.07 Å². The summed E-state index contributed by atoms with van der Waals surface area (Å²) in [6, 6.07) is 38.5. The highest BCUT2D eigenvalue weighted by Gasteiger charge is 2.29. The lowest BCUT2D eigenvalue weighted by molar-refractivity contribution is -0.385. The van der Waals surface area contributed by atoms with Gasteiger partial charge in [-0.05, 0) is 316 Å². The molecule has 6 N–H and O–H groups in total. The first-order valence-corrected chi connectivity index (χ1v) is 42.3. The predicted octanol–water partition coefficient (Wildman–Crippen LogP) is 20.6. The summed E-state index contributed by atoms with van der Waals surface area (Å²) in [5.74, 6) is -3.00. The smallest absolute Gasteiger partial charge is 0.344 e. The zero-order chi connectivity index (χ0) is 87.7. The Kier molecular flexibility index (Phi) is 33.7.